The van der Waals surface area contributed by atoms with Crippen LogP contribution in [0.2, 0.25) is 0 Å². The zero-order chi connectivity index (χ0) is 14.2. The summed E-state index contributed by atoms with van der Waals surface area (Å²) >= 11 is 5.96. The molecule has 2 N–H and O–H groups in total. The largest absolute Gasteiger partial charge is 0.375 e. The maximum Gasteiger partial charge on any atom is 0.0685 e. The molecule has 110 valence electrons. The molecule has 3 rings (SSSR count). The Morgan fingerprint density at radius 2 is 2.10 bits per heavy atom. The third-order valence-electron chi connectivity index (χ3n) is 4.87. The Kier molecular flexibility index (Phi) is 4.75. The van der Waals surface area contributed by atoms with E-state index in [0.29, 0.717) is 5.92 Å². The maximum atomic E-state index is 6.61. The van der Waals surface area contributed by atoms with Crippen LogP contribution in [0, 0.1) is 9.49 Å². The predicted octanol–water partition coefficient (Wildman–Crippen LogP) is 4.79. The summed E-state index contributed by atoms with van der Waals surface area (Å²) in [7, 11) is 0. The molecule has 2 unspecified atom stereocenters. The van der Waals surface area contributed by atoms with Gasteiger partial charge >= 0.3 is 0 Å². The molecule has 1 aromatic carbocycles. The summed E-state index contributed by atoms with van der Waals surface area (Å²) in [6, 6.07) is 6.54. The SMILES string of the molecule is NC(c1cc(Br)ccc1I)C1CCOC2(CCCC2)C1. The van der Waals surface area contributed by atoms with Gasteiger partial charge in [0.1, 0.15) is 0 Å². The van der Waals surface area contributed by atoms with Crippen LogP contribution in [0.5, 0.6) is 0 Å². The van der Waals surface area contributed by atoms with Gasteiger partial charge in [0, 0.05) is 20.7 Å². The van der Waals surface area contributed by atoms with E-state index >= 15 is 0 Å². The van der Waals surface area contributed by atoms with E-state index in [1.54, 1.807) is 0 Å². The zero-order valence-electron chi connectivity index (χ0n) is 11.6. The first kappa shape index (κ1) is 15.3. The molecule has 1 aliphatic carbocycles. The number of rotatable bonds is 2. The normalized spacial score (nSPS) is 26.9. The molecule has 2 atom stereocenters. The average Bonchev–Trinajstić information content (AvgIpc) is 2.88. The van der Waals surface area contributed by atoms with Crippen molar-refractivity contribution in [3.8, 4) is 0 Å². The lowest BCUT2D eigenvalue weighted by Crippen LogP contribution is -2.40. The summed E-state index contributed by atoms with van der Waals surface area (Å²) in [5, 5.41) is 0. The quantitative estimate of drug-likeness (QED) is 0.658. The number of hydrogen-bond donors (Lipinski definition) is 1. The van der Waals surface area contributed by atoms with E-state index in [9.17, 15) is 0 Å². The van der Waals surface area contributed by atoms with Crippen LogP contribution in [-0.4, -0.2) is 12.2 Å². The van der Waals surface area contributed by atoms with Gasteiger partial charge in [0.2, 0.25) is 0 Å². The number of hydrogen-bond acceptors (Lipinski definition) is 2. The minimum Gasteiger partial charge on any atom is -0.375 e. The fraction of sp³-hybridized carbons (Fsp3) is 0.625. The highest BCUT2D eigenvalue weighted by molar-refractivity contribution is 14.1. The van der Waals surface area contributed by atoms with Crippen molar-refractivity contribution in [3.05, 3.63) is 31.8 Å². The first-order chi connectivity index (χ1) is 9.60. The van der Waals surface area contributed by atoms with Gasteiger partial charge in [-0.15, -0.1) is 0 Å². The smallest absolute Gasteiger partial charge is 0.0685 e. The van der Waals surface area contributed by atoms with Crippen LogP contribution in [0.15, 0.2) is 22.7 Å². The minimum atomic E-state index is 0.126. The van der Waals surface area contributed by atoms with Crippen molar-refractivity contribution in [1.29, 1.82) is 0 Å². The van der Waals surface area contributed by atoms with Crippen LogP contribution < -0.4 is 5.73 Å². The monoisotopic (exact) mass is 449 g/mol. The first-order valence-electron chi connectivity index (χ1n) is 7.44. The van der Waals surface area contributed by atoms with Gasteiger partial charge in [-0.2, -0.15) is 0 Å². The third kappa shape index (κ3) is 3.08. The van der Waals surface area contributed by atoms with Gasteiger partial charge in [-0.3, -0.25) is 0 Å². The van der Waals surface area contributed by atoms with Crippen molar-refractivity contribution in [1.82, 2.24) is 0 Å². The molecule has 2 aliphatic rings. The van der Waals surface area contributed by atoms with E-state index in [-0.39, 0.29) is 11.6 Å². The van der Waals surface area contributed by atoms with Crippen LogP contribution in [0.1, 0.15) is 50.1 Å². The first-order valence-corrected chi connectivity index (χ1v) is 9.31. The fourth-order valence-electron chi connectivity index (χ4n) is 3.76. The Hall–Kier alpha value is 0.350. The van der Waals surface area contributed by atoms with Crippen molar-refractivity contribution < 1.29 is 4.74 Å². The Labute approximate surface area is 143 Å². The van der Waals surface area contributed by atoms with E-state index in [1.807, 2.05) is 0 Å². The number of benzene rings is 1. The molecule has 1 aromatic rings. The molecular formula is C16H21BrINO. The summed E-state index contributed by atoms with van der Waals surface area (Å²) in [5.74, 6) is 0.546. The summed E-state index contributed by atoms with van der Waals surface area (Å²) in [4.78, 5) is 0. The molecule has 1 spiro atoms. The lowest BCUT2D eigenvalue weighted by Gasteiger charge is -2.40. The van der Waals surface area contributed by atoms with Crippen LogP contribution in [0.4, 0.5) is 0 Å². The van der Waals surface area contributed by atoms with Gasteiger partial charge in [-0.05, 0) is 78.0 Å². The Balaban J connectivity index is 1.79. The summed E-state index contributed by atoms with van der Waals surface area (Å²) < 4.78 is 8.52. The van der Waals surface area contributed by atoms with E-state index in [0.717, 1.165) is 23.9 Å². The maximum absolute atomic E-state index is 6.61. The van der Waals surface area contributed by atoms with Gasteiger partial charge in [0.25, 0.3) is 0 Å². The summed E-state index contributed by atoms with van der Waals surface area (Å²) in [6.07, 6.45) is 7.31. The number of ether oxygens (including phenoxy) is 1. The lowest BCUT2D eigenvalue weighted by molar-refractivity contribution is -0.0964. The van der Waals surface area contributed by atoms with Crippen molar-refractivity contribution in [2.45, 2.75) is 50.2 Å². The molecule has 0 amide bonds. The molecule has 1 aliphatic heterocycles. The average molecular weight is 450 g/mol. The molecule has 0 bridgehead atoms. The number of nitrogens with two attached hydrogens (primary N) is 1. The van der Waals surface area contributed by atoms with Crippen LogP contribution in [0.3, 0.4) is 0 Å². The zero-order valence-corrected chi connectivity index (χ0v) is 15.3. The van der Waals surface area contributed by atoms with Crippen LogP contribution in [-0.2, 0) is 4.74 Å². The Morgan fingerprint density at radius 3 is 2.85 bits per heavy atom. The van der Waals surface area contributed by atoms with Gasteiger partial charge in [0.15, 0.2) is 0 Å². The highest BCUT2D eigenvalue weighted by Gasteiger charge is 2.41. The Bertz CT molecular complexity index is 487. The number of halogens is 2. The minimum absolute atomic E-state index is 0.126. The summed E-state index contributed by atoms with van der Waals surface area (Å²) in [5.41, 5.74) is 8.04. The molecule has 1 saturated heterocycles. The third-order valence-corrected chi connectivity index (χ3v) is 6.35. The topological polar surface area (TPSA) is 35.2 Å². The van der Waals surface area contributed by atoms with Crippen molar-refractivity contribution >= 4 is 38.5 Å². The van der Waals surface area contributed by atoms with Gasteiger partial charge in [-0.1, -0.05) is 28.8 Å². The Morgan fingerprint density at radius 1 is 1.35 bits per heavy atom. The van der Waals surface area contributed by atoms with Gasteiger partial charge in [-0.25, -0.2) is 0 Å². The highest BCUT2D eigenvalue weighted by Crippen LogP contribution is 2.45. The molecule has 1 saturated carbocycles. The van der Waals surface area contributed by atoms with Crippen LogP contribution >= 0.6 is 38.5 Å². The van der Waals surface area contributed by atoms with Crippen molar-refractivity contribution in [2.24, 2.45) is 11.7 Å². The van der Waals surface area contributed by atoms with Gasteiger partial charge < -0.3 is 10.5 Å². The molecule has 20 heavy (non-hydrogen) atoms. The molecular weight excluding hydrogens is 429 g/mol. The standard InChI is InChI=1S/C16H21BrINO/c17-12-3-4-14(18)13(9-12)15(19)11-5-8-20-16(10-11)6-1-2-7-16/h3-4,9,11,15H,1-2,5-8,10,19H2. The fourth-order valence-corrected chi connectivity index (χ4v) is 4.84. The lowest BCUT2D eigenvalue weighted by atomic mass is 9.79. The second kappa shape index (κ2) is 6.23. The van der Waals surface area contributed by atoms with E-state index in [1.165, 1.54) is 34.8 Å². The van der Waals surface area contributed by atoms with E-state index in [4.69, 9.17) is 10.5 Å². The molecule has 0 aromatic heterocycles. The highest BCUT2D eigenvalue weighted by atomic mass is 127. The molecule has 1 heterocycles. The van der Waals surface area contributed by atoms with Gasteiger partial charge in [0.05, 0.1) is 5.60 Å². The predicted molar refractivity (Wildman–Crippen MR) is 93.7 cm³/mol. The molecule has 2 fully saturated rings. The van der Waals surface area contributed by atoms with Crippen molar-refractivity contribution in [2.75, 3.05) is 6.61 Å². The van der Waals surface area contributed by atoms with Crippen LogP contribution in [0.25, 0.3) is 0 Å². The van der Waals surface area contributed by atoms with E-state index in [2.05, 4.69) is 56.7 Å². The second-order valence-corrected chi connectivity index (χ2v) is 8.26. The molecule has 0 radical (unpaired) electrons. The molecule has 2 nitrogen and oxygen atoms in total. The van der Waals surface area contributed by atoms with Crippen molar-refractivity contribution in [3.63, 3.8) is 0 Å². The second-order valence-electron chi connectivity index (χ2n) is 6.18. The molecule has 4 heteroatoms. The summed E-state index contributed by atoms with van der Waals surface area (Å²) in [6.45, 7) is 0.878. The van der Waals surface area contributed by atoms with E-state index < -0.39 is 0 Å².